The smallest absolute Gasteiger partial charge is 0.191 e. The third-order valence-corrected chi connectivity index (χ3v) is 4.61. The Morgan fingerprint density at radius 2 is 2.13 bits per heavy atom. The minimum atomic E-state index is 0.558. The van der Waals surface area contributed by atoms with E-state index in [1.54, 1.807) is 18.9 Å². The van der Waals surface area contributed by atoms with Gasteiger partial charge in [-0.2, -0.15) is 5.26 Å². The number of unbranched alkanes of at least 4 members (excludes halogenated alkanes) is 1. The van der Waals surface area contributed by atoms with Gasteiger partial charge in [-0.1, -0.05) is 35.5 Å². The highest BCUT2D eigenvalue weighted by atomic mass is 35.5. The zero-order valence-electron chi connectivity index (χ0n) is 13.0. The van der Waals surface area contributed by atoms with Crippen LogP contribution in [0.3, 0.4) is 0 Å². The van der Waals surface area contributed by atoms with E-state index in [9.17, 15) is 0 Å². The first-order valence-electron chi connectivity index (χ1n) is 7.44. The van der Waals surface area contributed by atoms with Gasteiger partial charge in [-0.05, 0) is 25.0 Å². The first-order valence-corrected chi connectivity index (χ1v) is 8.81. The number of nitriles is 1. The molecule has 0 fully saturated rings. The van der Waals surface area contributed by atoms with Gasteiger partial charge in [0.1, 0.15) is 0 Å². The van der Waals surface area contributed by atoms with Crippen LogP contribution in [0.15, 0.2) is 29.4 Å². The van der Waals surface area contributed by atoms with Gasteiger partial charge in [-0.15, -0.1) is 10.2 Å². The summed E-state index contributed by atoms with van der Waals surface area (Å²) in [4.78, 5) is 0. The summed E-state index contributed by atoms with van der Waals surface area (Å²) in [5.41, 5.74) is 0.878. The monoisotopic (exact) mass is 350 g/mol. The van der Waals surface area contributed by atoms with Crippen LogP contribution in [-0.2, 0) is 11.3 Å². The normalized spacial score (nSPS) is 10.7. The van der Waals surface area contributed by atoms with E-state index in [-0.39, 0.29) is 0 Å². The molecule has 0 aliphatic heterocycles. The minimum absolute atomic E-state index is 0.558. The molecule has 0 saturated carbocycles. The van der Waals surface area contributed by atoms with E-state index in [0.717, 1.165) is 41.7 Å². The van der Waals surface area contributed by atoms with Crippen molar-refractivity contribution in [3.8, 4) is 17.5 Å². The van der Waals surface area contributed by atoms with Crippen molar-refractivity contribution in [1.82, 2.24) is 14.8 Å². The predicted molar refractivity (Wildman–Crippen MR) is 92.5 cm³/mol. The molecule has 1 heterocycles. The molecule has 1 aromatic carbocycles. The number of thioether (sulfide) groups is 1. The second-order valence-corrected chi connectivity index (χ2v) is 6.36. The summed E-state index contributed by atoms with van der Waals surface area (Å²) in [7, 11) is 1.69. The third kappa shape index (κ3) is 4.96. The van der Waals surface area contributed by atoms with Gasteiger partial charge in [0.2, 0.25) is 0 Å². The Morgan fingerprint density at radius 1 is 1.30 bits per heavy atom. The van der Waals surface area contributed by atoms with Crippen LogP contribution in [0, 0.1) is 11.3 Å². The molecule has 0 aliphatic carbocycles. The number of benzene rings is 1. The van der Waals surface area contributed by atoms with Gasteiger partial charge in [0.15, 0.2) is 11.0 Å². The van der Waals surface area contributed by atoms with Gasteiger partial charge in [-0.3, -0.25) is 0 Å². The summed E-state index contributed by atoms with van der Waals surface area (Å²) in [6.45, 7) is 1.45. The number of halogens is 1. The van der Waals surface area contributed by atoms with Crippen molar-refractivity contribution < 1.29 is 4.74 Å². The number of nitrogens with zero attached hydrogens (tertiary/aromatic N) is 4. The lowest BCUT2D eigenvalue weighted by Crippen LogP contribution is -2.05. The molecule has 0 atom stereocenters. The largest absolute Gasteiger partial charge is 0.385 e. The van der Waals surface area contributed by atoms with E-state index < -0.39 is 0 Å². The Labute approximate surface area is 145 Å². The van der Waals surface area contributed by atoms with E-state index in [1.165, 1.54) is 0 Å². The molecule has 23 heavy (non-hydrogen) atoms. The van der Waals surface area contributed by atoms with Gasteiger partial charge in [0.25, 0.3) is 0 Å². The highest BCUT2D eigenvalue weighted by Gasteiger charge is 2.16. The highest BCUT2D eigenvalue weighted by Crippen LogP contribution is 2.29. The minimum Gasteiger partial charge on any atom is -0.385 e. The Morgan fingerprint density at radius 3 is 2.87 bits per heavy atom. The average Bonchev–Trinajstić information content (AvgIpc) is 2.95. The number of rotatable bonds is 9. The van der Waals surface area contributed by atoms with E-state index in [1.807, 2.05) is 24.3 Å². The molecule has 0 radical (unpaired) electrons. The van der Waals surface area contributed by atoms with Crippen LogP contribution >= 0.6 is 23.4 Å². The molecular weight excluding hydrogens is 332 g/mol. The second-order valence-electron chi connectivity index (χ2n) is 4.89. The van der Waals surface area contributed by atoms with Gasteiger partial charge in [0.05, 0.1) is 11.1 Å². The van der Waals surface area contributed by atoms with Crippen LogP contribution in [-0.4, -0.2) is 34.2 Å². The molecule has 0 saturated heterocycles. The maximum absolute atomic E-state index is 8.62. The van der Waals surface area contributed by atoms with E-state index in [0.29, 0.717) is 18.1 Å². The van der Waals surface area contributed by atoms with Crippen LogP contribution in [0.25, 0.3) is 11.4 Å². The lowest BCUT2D eigenvalue weighted by Gasteiger charge is -2.10. The van der Waals surface area contributed by atoms with Crippen molar-refractivity contribution >= 4 is 23.4 Å². The zero-order chi connectivity index (χ0) is 16.5. The van der Waals surface area contributed by atoms with Crippen molar-refractivity contribution in [2.75, 3.05) is 19.5 Å². The summed E-state index contributed by atoms with van der Waals surface area (Å²) in [6, 6.07) is 9.80. The van der Waals surface area contributed by atoms with Crippen molar-refractivity contribution in [2.24, 2.45) is 0 Å². The summed E-state index contributed by atoms with van der Waals surface area (Å²) in [6.07, 6.45) is 2.27. The van der Waals surface area contributed by atoms with Crippen LogP contribution in [0.1, 0.15) is 19.3 Å². The third-order valence-electron chi connectivity index (χ3n) is 3.23. The van der Waals surface area contributed by atoms with Crippen molar-refractivity contribution in [1.29, 1.82) is 5.26 Å². The predicted octanol–water partition coefficient (Wildman–Crippen LogP) is 4.03. The Bertz CT molecular complexity index is 668. The van der Waals surface area contributed by atoms with Crippen LogP contribution in [0.5, 0.6) is 0 Å². The standard InChI is InChI=1S/C16H19ClN4OS/c1-22-11-6-10-21-15(13-7-2-3-8-14(13)17)19-20-16(21)23-12-5-4-9-18/h2-3,7-8H,4-6,10-12H2,1H3. The maximum Gasteiger partial charge on any atom is 0.191 e. The summed E-state index contributed by atoms with van der Waals surface area (Å²) in [5.74, 6) is 1.62. The van der Waals surface area contributed by atoms with Crippen molar-refractivity contribution in [2.45, 2.75) is 31.0 Å². The lowest BCUT2D eigenvalue weighted by molar-refractivity contribution is 0.189. The fourth-order valence-corrected chi connectivity index (χ4v) is 3.24. The van der Waals surface area contributed by atoms with Gasteiger partial charge < -0.3 is 9.30 Å². The van der Waals surface area contributed by atoms with Gasteiger partial charge in [-0.25, -0.2) is 0 Å². The first-order chi connectivity index (χ1) is 11.3. The Balaban J connectivity index is 2.22. The number of ether oxygens (including phenoxy) is 1. The lowest BCUT2D eigenvalue weighted by atomic mass is 10.2. The quantitative estimate of drug-likeness (QED) is 0.504. The maximum atomic E-state index is 8.62. The zero-order valence-corrected chi connectivity index (χ0v) is 14.6. The molecule has 0 unspecified atom stereocenters. The second kappa shape index (κ2) is 9.56. The van der Waals surface area contributed by atoms with Gasteiger partial charge >= 0.3 is 0 Å². The van der Waals surface area contributed by atoms with E-state index >= 15 is 0 Å². The van der Waals surface area contributed by atoms with Crippen molar-refractivity contribution in [3.63, 3.8) is 0 Å². The molecule has 0 spiro atoms. The van der Waals surface area contributed by atoms with Gasteiger partial charge in [0, 0.05) is 38.0 Å². The highest BCUT2D eigenvalue weighted by molar-refractivity contribution is 7.99. The molecule has 0 N–H and O–H groups in total. The molecule has 0 aliphatic rings. The molecule has 1 aromatic heterocycles. The fraction of sp³-hybridized carbons (Fsp3) is 0.438. The number of hydrogen-bond acceptors (Lipinski definition) is 5. The number of aromatic nitrogens is 3. The molecule has 0 bridgehead atoms. The fourth-order valence-electron chi connectivity index (χ4n) is 2.12. The van der Waals surface area contributed by atoms with Crippen LogP contribution in [0.4, 0.5) is 0 Å². The number of hydrogen-bond donors (Lipinski definition) is 0. The summed E-state index contributed by atoms with van der Waals surface area (Å²) < 4.78 is 7.22. The Kier molecular flexibility index (Phi) is 7.40. The van der Waals surface area contributed by atoms with Crippen LogP contribution in [0.2, 0.25) is 5.02 Å². The van der Waals surface area contributed by atoms with Crippen LogP contribution < -0.4 is 0 Å². The molecule has 0 amide bonds. The molecule has 7 heteroatoms. The Hall–Kier alpha value is -1.55. The van der Waals surface area contributed by atoms with E-state index in [4.69, 9.17) is 21.6 Å². The van der Waals surface area contributed by atoms with Crippen molar-refractivity contribution in [3.05, 3.63) is 29.3 Å². The summed E-state index contributed by atoms with van der Waals surface area (Å²) in [5, 5.41) is 18.8. The molecule has 5 nitrogen and oxygen atoms in total. The SMILES string of the molecule is COCCCn1c(SCCCC#N)nnc1-c1ccccc1Cl. The molecule has 122 valence electrons. The average molecular weight is 351 g/mol. The number of methoxy groups -OCH3 is 1. The first kappa shape index (κ1) is 17.8. The van der Waals surface area contributed by atoms with E-state index in [2.05, 4.69) is 20.8 Å². The molecular formula is C16H19ClN4OS. The molecule has 2 rings (SSSR count). The topological polar surface area (TPSA) is 63.7 Å². The molecule has 2 aromatic rings. The summed E-state index contributed by atoms with van der Waals surface area (Å²) >= 11 is 7.92.